The number of nitrogens with one attached hydrogen (secondary N) is 1. The fraction of sp³-hybridized carbons (Fsp3) is 0.0714. The molecular formula is C14H11N3O3. The first-order valence-corrected chi connectivity index (χ1v) is 6.13. The number of benzene rings is 2. The second kappa shape index (κ2) is 3.80. The molecule has 6 nitrogen and oxygen atoms in total. The first kappa shape index (κ1) is 11.0. The molecule has 1 aliphatic heterocycles. The van der Waals surface area contributed by atoms with Gasteiger partial charge in [0.05, 0.1) is 16.6 Å². The van der Waals surface area contributed by atoms with Gasteiger partial charge in [-0.05, 0) is 24.3 Å². The lowest BCUT2D eigenvalue weighted by molar-refractivity contribution is 0.174. The Kier molecular flexibility index (Phi) is 2.09. The van der Waals surface area contributed by atoms with Crippen LogP contribution in [0.4, 0.5) is 5.69 Å². The van der Waals surface area contributed by atoms with Gasteiger partial charge < -0.3 is 15.2 Å². The first-order valence-electron chi connectivity index (χ1n) is 6.13. The van der Waals surface area contributed by atoms with Crippen molar-refractivity contribution in [2.24, 2.45) is 0 Å². The van der Waals surface area contributed by atoms with Gasteiger partial charge in [-0.2, -0.15) is 0 Å². The van der Waals surface area contributed by atoms with Crippen molar-refractivity contribution in [3.8, 4) is 17.2 Å². The Hall–Kier alpha value is -2.89. The number of nitrogens with zero attached hydrogens (tertiary/aromatic N) is 1. The normalized spacial score (nSPS) is 13.0. The maximum atomic E-state index is 12.0. The number of aromatic amines is 1. The Morgan fingerprint density at radius 2 is 2.00 bits per heavy atom. The zero-order valence-corrected chi connectivity index (χ0v) is 10.4. The monoisotopic (exact) mass is 269 g/mol. The minimum absolute atomic E-state index is 0.212. The predicted octanol–water partition coefficient (Wildman–Crippen LogP) is 1.63. The molecule has 0 radical (unpaired) electrons. The Morgan fingerprint density at radius 1 is 1.15 bits per heavy atom. The molecule has 0 saturated carbocycles. The number of nitrogen functional groups attached to an aromatic ring is 1. The van der Waals surface area contributed by atoms with E-state index < -0.39 is 0 Å². The molecule has 0 saturated heterocycles. The van der Waals surface area contributed by atoms with Crippen LogP contribution in [0.2, 0.25) is 0 Å². The summed E-state index contributed by atoms with van der Waals surface area (Å²) in [5.41, 5.74) is 7.62. The van der Waals surface area contributed by atoms with Gasteiger partial charge in [0.15, 0.2) is 11.5 Å². The van der Waals surface area contributed by atoms with E-state index in [0.29, 0.717) is 22.6 Å². The molecule has 0 atom stereocenters. The molecule has 3 N–H and O–H groups in total. The number of aromatic nitrogens is 2. The highest BCUT2D eigenvalue weighted by Gasteiger charge is 2.16. The van der Waals surface area contributed by atoms with E-state index in [-0.39, 0.29) is 12.4 Å². The Labute approximate surface area is 113 Å². The molecule has 0 spiro atoms. The third-order valence-electron chi connectivity index (χ3n) is 3.37. The van der Waals surface area contributed by atoms with Crippen molar-refractivity contribution in [2.75, 3.05) is 12.5 Å². The fourth-order valence-electron chi connectivity index (χ4n) is 2.44. The first-order chi connectivity index (χ1) is 9.74. The molecule has 3 aromatic rings. The Morgan fingerprint density at radius 3 is 2.90 bits per heavy atom. The molecule has 0 amide bonds. The molecule has 2 aromatic carbocycles. The summed E-state index contributed by atoms with van der Waals surface area (Å²) in [5, 5.41) is 3.28. The molecule has 0 aliphatic carbocycles. The molecule has 2 heterocycles. The molecule has 1 aliphatic rings. The summed E-state index contributed by atoms with van der Waals surface area (Å²) in [7, 11) is 0. The van der Waals surface area contributed by atoms with Crippen molar-refractivity contribution in [3.63, 3.8) is 0 Å². The number of anilines is 1. The average molecular weight is 269 g/mol. The van der Waals surface area contributed by atoms with E-state index in [9.17, 15) is 4.79 Å². The second-order valence-electron chi connectivity index (χ2n) is 4.56. The van der Waals surface area contributed by atoms with Crippen LogP contribution >= 0.6 is 0 Å². The molecule has 0 unspecified atom stereocenters. The summed E-state index contributed by atoms with van der Waals surface area (Å²) >= 11 is 0. The van der Waals surface area contributed by atoms with Gasteiger partial charge in [-0.25, -0.2) is 0 Å². The van der Waals surface area contributed by atoms with Crippen LogP contribution in [0.1, 0.15) is 0 Å². The lowest BCUT2D eigenvalue weighted by atomic mass is 10.2. The van der Waals surface area contributed by atoms with Crippen molar-refractivity contribution < 1.29 is 9.47 Å². The number of H-pyrrole nitrogens is 1. The predicted molar refractivity (Wildman–Crippen MR) is 74.4 cm³/mol. The van der Waals surface area contributed by atoms with E-state index in [0.717, 1.165) is 11.2 Å². The Bertz CT molecular complexity index is 879. The van der Waals surface area contributed by atoms with Gasteiger partial charge in [0.2, 0.25) is 6.79 Å². The molecule has 0 bridgehead atoms. The van der Waals surface area contributed by atoms with E-state index >= 15 is 0 Å². The zero-order valence-electron chi connectivity index (χ0n) is 10.4. The van der Waals surface area contributed by atoms with Crippen LogP contribution in [0.5, 0.6) is 11.5 Å². The standard InChI is InChI=1S/C14H11N3O3/c15-9-2-1-3-10-13(9)14(18)16-17(10)8-4-5-11-12(6-8)20-7-19-11/h1-6H,7,15H2,(H,16,18). The minimum atomic E-state index is -0.212. The summed E-state index contributed by atoms with van der Waals surface area (Å²) in [6, 6.07) is 10.9. The molecular weight excluding hydrogens is 258 g/mol. The van der Waals surface area contributed by atoms with Crippen LogP contribution in [0.25, 0.3) is 16.6 Å². The van der Waals surface area contributed by atoms with Crippen LogP contribution in [-0.4, -0.2) is 16.6 Å². The number of hydrogen-bond donors (Lipinski definition) is 2. The Balaban J connectivity index is 1.99. The zero-order chi connectivity index (χ0) is 13.7. The largest absolute Gasteiger partial charge is 0.454 e. The highest BCUT2D eigenvalue weighted by Crippen LogP contribution is 2.34. The molecule has 100 valence electrons. The number of fused-ring (bicyclic) bond motifs is 2. The van der Waals surface area contributed by atoms with Gasteiger partial charge >= 0.3 is 0 Å². The number of ether oxygens (including phenoxy) is 2. The van der Waals surface area contributed by atoms with Gasteiger partial charge in [-0.3, -0.25) is 14.6 Å². The number of rotatable bonds is 1. The van der Waals surface area contributed by atoms with Crippen LogP contribution < -0.4 is 20.8 Å². The number of nitrogens with two attached hydrogens (primary N) is 1. The van der Waals surface area contributed by atoms with Gasteiger partial charge in [0.25, 0.3) is 5.56 Å². The maximum absolute atomic E-state index is 12.0. The third kappa shape index (κ3) is 1.41. The molecule has 6 heteroatoms. The van der Waals surface area contributed by atoms with Gasteiger partial charge in [0, 0.05) is 11.8 Å². The highest BCUT2D eigenvalue weighted by molar-refractivity contribution is 5.90. The van der Waals surface area contributed by atoms with E-state index in [1.54, 1.807) is 10.7 Å². The highest BCUT2D eigenvalue weighted by atomic mass is 16.7. The van der Waals surface area contributed by atoms with Crippen LogP contribution in [0.3, 0.4) is 0 Å². The van der Waals surface area contributed by atoms with E-state index in [4.69, 9.17) is 15.2 Å². The van der Waals surface area contributed by atoms with E-state index in [1.807, 2.05) is 30.3 Å². The molecule has 4 rings (SSSR count). The molecule has 20 heavy (non-hydrogen) atoms. The van der Waals surface area contributed by atoms with Gasteiger partial charge in [-0.15, -0.1) is 0 Å². The minimum Gasteiger partial charge on any atom is -0.454 e. The smallest absolute Gasteiger partial charge is 0.274 e. The SMILES string of the molecule is Nc1cccc2c1c(=O)[nH]n2-c1ccc2c(c1)OCO2. The second-order valence-corrected chi connectivity index (χ2v) is 4.56. The summed E-state index contributed by atoms with van der Waals surface area (Å²) in [4.78, 5) is 12.0. The third-order valence-corrected chi connectivity index (χ3v) is 3.37. The average Bonchev–Trinajstić information content (AvgIpc) is 3.03. The quantitative estimate of drug-likeness (QED) is 0.658. The van der Waals surface area contributed by atoms with Crippen LogP contribution in [0, 0.1) is 0 Å². The van der Waals surface area contributed by atoms with Gasteiger partial charge in [0.1, 0.15) is 0 Å². The van der Waals surface area contributed by atoms with Crippen LogP contribution in [0.15, 0.2) is 41.2 Å². The maximum Gasteiger partial charge on any atom is 0.274 e. The van der Waals surface area contributed by atoms with Crippen molar-refractivity contribution in [2.45, 2.75) is 0 Å². The van der Waals surface area contributed by atoms with E-state index in [2.05, 4.69) is 5.10 Å². The van der Waals surface area contributed by atoms with Crippen molar-refractivity contribution in [1.82, 2.24) is 9.78 Å². The molecule has 1 aromatic heterocycles. The summed E-state index contributed by atoms with van der Waals surface area (Å²) in [5.74, 6) is 1.36. The molecule has 0 fully saturated rings. The lowest BCUT2D eigenvalue weighted by Crippen LogP contribution is -2.04. The summed E-state index contributed by atoms with van der Waals surface area (Å²) < 4.78 is 12.3. The van der Waals surface area contributed by atoms with Crippen molar-refractivity contribution in [1.29, 1.82) is 0 Å². The summed E-state index contributed by atoms with van der Waals surface area (Å²) in [6.45, 7) is 0.217. The number of hydrogen-bond acceptors (Lipinski definition) is 4. The van der Waals surface area contributed by atoms with E-state index in [1.165, 1.54) is 0 Å². The fourth-order valence-corrected chi connectivity index (χ4v) is 2.44. The lowest BCUT2D eigenvalue weighted by Gasteiger charge is -2.06. The van der Waals surface area contributed by atoms with Crippen molar-refractivity contribution >= 4 is 16.6 Å². The van der Waals surface area contributed by atoms with Gasteiger partial charge in [-0.1, -0.05) is 6.07 Å². The summed E-state index contributed by atoms with van der Waals surface area (Å²) in [6.07, 6.45) is 0. The van der Waals surface area contributed by atoms with Crippen LogP contribution in [-0.2, 0) is 0 Å². The topological polar surface area (TPSA) is 82.3 Å². The van der Waals surface area contributed by atoms with Crippen molar-refractivity contribution in [3.05, 3.63) is 46.8 Å².